The summed E-state index contributed by atoms with van der Waals surface area (Å²) in [5.74, 6) is -3.83. The summed E-state index contributed by atoms with van der Waals surface area (Å²) in [5, 5.41) is 9.76. The van der Waals surface area contributed by atoms with Crippen LogP contribution < -0.4 is 0 Å². The molecule has 0 saturated carbocycles. The van der Waals surface area contributed by atoms with Gasteiger partial charge in [0.1, 0.15) is 6.10 Å². The molecule has 0 spiro atoms. The maximum absolute atomic E-state index is 14.2. The average molecular weight is 302 g/mol. The van der Waals surface area contributed by atoms with Crippen LogP contribution in [0.5, 0.6) is 0 Å². The fraction of sp³-hybridized carbons (Fsp3) is 0.200. The van der Waals surface area contributed by atoms with Crippen LogP contribution in [0.25, 0.3) is 0 Å². The Balaban J connectivity index is 2.40. The van der Waals surface area contributed by atoms with E-state index in [1.165, 1.54) is 24.3 Å². The second kappa shape index (κ2) is 5.44. The zero-order chi connectivity index (χ0) is 15.7. The van der Waals surface area contributed by atoms with Gasteiger partial charge in [0.2, 0.25) is 0 Å². The molecule has 1 N–H and O–H groups in total. The number of alkyl halides is 5. The van der Waals surface area contributed by atoms with Crippen molar-refractivity contribution < 1.29 is 27.1 Å². The molecule has 2 aromatic carbocycles. The van der Waals surface area contributed by atoms with E-state index in [1.54, 1.807) is 6.07 Å². The molecule has 1 unspecified atom stereocenters. The molecular weight excluding hydrogens is 291 g/mol. The molecule has 0 aliphatic heterocycles. The number of hydrogen-bond acceptors (Lipinski definition) is 1. The van der Waals surface area contributed by atoms with Crippen molar-refractivity contribution >= 4 is 0 Å². The van der Waals surface area contributed by atoms with E-state index in [0.29, 0.717) is 12.1 Å². The third-order valence-corrected chi connectivity index (χ3v) is 3.03. The van der Waals surface area contributed by atoms with Crippen LogP contribution in [0, 0.1) is 0 Å². The molecule has 2 rings (SSSR count). The summed E-state index contributed by atoms with van der Waals surface area (Å²) in [5.41, 5.74) is -2.13. The Bertz CT molecular complexity index is 607. The first kappa shape index (κ1) is 15.4. The quantitative estimate of drug-likeness (QED) is 0.826. The first-order chi connectivity index (χ1) is 9.73. The van der Waals surface area contributed by atoms with Crippen molar-refractivity contribution in [3.05, 3.63) is 71.3 Å². The van der Waals surface area contributed by atoms with E-state index >= 15 is 0 Å². The Labute approximate surface area is 117 Å². The lowest BCUT2D eigenvalue weighted by Gasteiger charge is -2.24. The maximum atomic E-state index is 14.2. The monoisotopic (exact) mass is 302 g/mol. The van der Waals surface area contributed by atoms with Gasteiger partial charge in [0, 0.05) is 5.56 Å². The molecule has 0 saturated heterocycles. The summed E-state index contributed by atoms with van der Waals surface area (Å²) in [7, 11) is 0. The second-order valence-corrected chi connectivity index (χ2v) is 4.51. The van der Waals surface area contributed by atoms with Gasteiger partial charge in [-0.25, -0.2) is 0 Å². The number of halogens is 5. The van der Waals surface area contributed by atoms with E-state index in [1.807, 2.05) is 0 Å². The predicted octanol–water partition coefficient (Wildman–Crippen LogP) is 4.53. The third-order valence-electron chi connectivity index (χ3n) is 3.03. The first-order valence-electron chi connectivity index (χ1n) is 6.01. The lowest BCUT2D eigenvalue weighted by atomic mass is 9.96. The molecule has 0 bridgehead atoms. The van der Waals surface area contributed by atoms with Gasteiger partial charge in [0.15, 0.2) is 0 Å². The van der Waals surface area contributed by atoms with E-state index in [0.717, 1.165) is 12.1 Å². The molecule has 6 heteroatoms. The van der Waals surface area contributed by atoms with E-state index in [-0.39, 0.29) is 5.56 Å². The van der Waals surface area contributed by atoms with Crippen molar-refractivity contribution in [2.45, 2.75) is 18.2 Å². The number of aliphatic hydroxyl groups excluding tert-OH is 1. The summed E-state index contributed by atoms with van der Waals surface area (Å²) >= 11 is 0. The molecule has 1 nitrogen and oxygen atoms in total. The largest absolute Gasteiger partial charge is 0.416 e. The fourth-order valence-corrected chi connectivity index (χ4v) is 1.91. The van der Waals surface area contributed by atoms with Gasteiger partial charge in [-0.15, -0.1) is 0 Å². The van der Waals surface area contributed by atoms with Crippen LogP contribution in [0.4, 0.5) is 22.0 Å². The minimum atomic E-state index is -4.72. The van der Waals surface area contributed by atoms with Gasteiger partial charge in [0.25, 0.3) is 0 Å². The van der Waals surface area contributed by atoms with E-state index in [4.69, 9.17) is 0 Å². The van der Waals surface area contributed by atoms with Crippen LogP contribution >= 0.6 is 0 Å². The Morgan fingerprint density at radius 2 is 1.33 bits per heavy atom. The van der Waals surface area contributed by atoms with Gasteiger partial charge >= 0.3 is 12.1 Å². The third kappa shape index (κ3) is 3.21. The van der Waals surface area contributed by atoms with Gasteiger partial charge in [-0.3, -0.25) is 0 Å². The summed E-state index contributed by atoms with van der Waals surface area (Å²) in [6.07, 6.45) is -6.94. The van der Waals surface area contributed by atoms with E-state index < -0.39 is 29.3 Å². The highest BCUT2D eigenvalue weighted by Gasteiger charge is 2.42. The molecule has 112 valence electrons. The van der Waals surface area contributed by atoms with Crippen molar-refractivity contribution in [3.8, 4) is 0 Å². The van der Waals surface area contributed by atoms with Crippen molar-refractivity contribution in [3.63, 3.8) is 0 Å². The van der Waals surface area contributed by atoms with E-state index in [2.05, 4.69) is 0 Å². The predicted molar refractivity (Wildman–Crippen MR) is 66.7 cm³/mol. The Morgan fingerprint density at radius 3 is 1.90 bits per heavy atom. The van der Waals surface area contributed by atoms with Gasteiger partial charge in [-0.05, 0) is 17.7 Å². The topological polar surface area (TPSA) is 20.2 Å². The van der Waals surface area contributed by atoms with E-state index in [9.17, 15) is 27.1 Å². The van der Waals surface area contributed by atoms with Gasteiger partial charge in [0.05, 0.1) is 5.56 Å². The van der Waals surface area contributed by atoms with Gasteiger partial charge < -0.3 is 5.11 Å². The molecule has 0 radical (unpaired) electrons. The van der Waals surface area contributed by atoms with Crippen LogP contribution in [0.2, 0.25) is 0 Å². The summed E-state index contributed by atoms with van der Waals surface area (Å²) in [6, 6.07) is 9.88. The van der Waals surface area contributed by atoms with Crippen molar-refractivity contribution in [2.24, 2.45) is 0 Å². The first-order valence-corrected chi connectivity index (χ1v) is 6.01. The fourth-order valence-electron chi connectivity index (χ4n) is 1.91. The molecule has 0 aliphatic rings. The summed E-state index contributed by atoms with van der Waals surface area (Å²) in [6.45, 7) is 0. The molecule has 2 aromatic rings. The molecule has 0 amide bonds. The standard InChI is InChI=1S/C15H11F5O/c16-14(17,13(21)10-5-2-1-3-6-10)11-7-4-8-12(9-11)15(18,19)20/h1-9,13,21H. The lowest BCUT2D eigenvalue weighted by Crippen LogP contribution is -2.24. The molecule has 0 fully saturated rings. The highest BCUT2D eigenvalue weighted by Crippen LogP contribution is 2.42. The van der Waals surface area contributed by atoms with Gasteiger partial charge in [-0.1, -0.05) is 42.5 Å². The minimum Gasteiger partial charge on any atom is -0.382 e. The van der Waals surface area contributed by atoms with Crippen LogP contribution in [0.15, 0.2) is 54.6 Å². The lowest BCUT2D eigenvalue weighted by molar-refractivity contribution is -0.139. The van der Waals surface area contributed by atoms with Crippen molar-refractivity contribution in [2.75, 3.05) is 0 Å². The van der Waals surface area contributed by atoms with Gasteiger partial charge in [-0.2, -0.15) is 22.0 Å². The Morgan fingerprint density at radius 1 is 0.762 bits per heavy atom. The number of aliphatic hydroxyl groups is 1. The normalized spacial score (nSPS) is 14.0. The zero-order valence-corrected chi connectivity index (χ0v) is 10.6. The number of hydrogen-bond donors (Lipinski definition) is 1. The SMILES string of the molecule is OC(c1ccccc1)C(F)(F)c1cccc(C(F)(F)F)c1. The molecule has 0 aliphatic carbocycles. The Hall–Kier alpha value is -1.95. The smallest absolute Gasteiger partial charge is 0.382 e. The van der Waals surface area contributed by atoms with Crippen molar-refractivity contribution in [1.82, 2.24) is 0 Å². The number of benzene rings is 2. The minimum absolute atomic E-state index is 0.0695. The summed E-state index contributed by atoms with van der Waals surface area (Å²) in [4.78, 5) is 0. The maximum Gasteiger partial charge on any atom is 0.416 e. The van der Waals surface area contributed by atoms with Crippen LogP contribution in [-0.4, -0.2) is 5.11 Å². The molecule has 0 heterocycles. The molecule has 1 atom stereocenters. The molecule has 0 aromatic heterocycles. The van der Waals surface area contributed by atoms with Crippen LogP contribution in [0.3, 0.4) is 0 Å². The average Bonchev–Trinajstić information content (AvgIpc) is 2.46. The van der Waals surface area contributed by atoms with Crippen LogP contribution in [0.1, 0.15) is 22.8 Å². The highest BCUT2D eigenvalue weighted by atomic mass is 19.4. The Kier molecular flexibility index (Phi) is 4.00. The molecular formula is C15H11F5O. The van der Waals surface area contributed by atoms with Crippen LogP contribution in [-0.2, 0) is 12.1 Å². The summed E-state index contributed by atoms with van der Waals surface area (Å²) < 4.78 is 66.1. The van der Waals surface area contributed by atoms with Crippen molar-refractivity contribution in [1.29, 1.82) is 0 Å². The highest BCUT2D eigenvalue weighted by molar-refractivity contribution is 5.32. The zero-order valence-electron chi connectivity index (χ0n) is 10.6. The molecule has 21 heavy (non-hydrogen) atoms. The second-order valence-electron chi connectivity index (χ2n) is 4.51. The number of rotatable bonds is 3.